The molecule has 0 aromatic heterocycles. The van der Waals surface area contributed by atoms with Crippen LogP contribution in [0.4, 0.5) is 0 Å². The van der Waals surface area contributed by atoms with Crippen LogP contribution < -0.4 is 0 Å². The van der Waals surface area contributed by atoms with Gasteiger partial charge in [0.1, 0.15) is 11.9 Å². The number of hydrogen-bond donors (Lipinski definition) is 0. The van der Waals surface area contributed by atoms with Crippen molar-refractivity contribution in [1.29, 1.82) is 0 Å². The van der Waals surface area contributed by atoms with Gasteiger partial charge in [0.25, 0.3) is 0 Å². The van der Waals surface area contributed by atoms with Crippen molar-refractivity contribution in [3.8, 4) is 0 Å². The van der Waals surface area contributed by atoms with Crippen LogP contribution in [0.15, 0.2) is 48.1 Å². The maximum absolute atomic E-state index is 12.1. The number of carbonyl (C=O) groups is 1. The second-order valence-electron chi connectivity index (χ2n) is 4.79. The summed E-state index contributed by atoms with van der Waals surface area (Å²) >= 11 is 0. The van der Waals surface area contributed by atoms with E-state index in [4.69, 9.17) is 9.47 Å². The lowest BCUT2D eigenvalue weighted by Gasteiger charge is -2.20. The Morgan fingerprint density at radius 1 is 1.32 bits per heavy atom. The molecule has 0 saturated heterocycles. The van der Waals surface area contributed by atoms with E-state index in [1.807, 2.05) is 36.4 Å². The van der Waals surface area contributed by atoms with Crippen molar-refractivity contribution in [2.24, 2.45) is 5.92 Å². The van der Waals surface area contributed by atoms with Crippen molar-refractivity contribution in [2.75, 3.05) is 7.11 Å². The maximum atomic E-state index is 12.1. The first-order valence-electron chi connectivity index (χ1n) is 6.52. The fraction of sp³-hybridized carbons (Fsp3) is 0.312. The van der Waals surface area contributed by atoms with Crippen LogP contribution in [0.25, 0.3) is 5.76 Å². The second kappa shape index (κ2) is 4.92. The van der Waals surface area contributed by atoms with Gasteiger partial charge in [0.05, 0.1) is 12.7 Å². The average Bonchev–Trinajstić information content (AvgIpc) is 2.87. The minimum atomic E-state index is -0.276. The van der Waals surface area contributed by atoms with Crippen molar-refractivity contribution in [2.45, 2.75) is 18.9 Å². The van der Waals surface area contributed by atoms with Crippen LogP contribution in [0.3, 0.4) is 0 Å². The van der Waals surface area contributed by atoms with Crippen molar-refractivity contribution in [3.05, 3.63) is 53.6 Å². The van der Waals surface area contributed by atoms with Gasteiger partial charge in [-0.15, -0.1) is 0 Å². The van der Waals surface area contributed by atoms with E-state index in [9.17, 15) is 4.79 Å². The molecular formula is C16H16O3. The smallest absolute Gasteiger partial charge is 0.337 e. The molecule has 1 aromatic carbocycles. The molecule has 0 fully saturated rings. The molecule has 3 heteroatoms. The third-order valence-corrected chi connectivity index (χ3v) is 3.68. The zero-order chi connectivity index (χ0) is 13.2. The summed E-state index contributed by atoms with van der Waals surface area (Å²) in [6, 6.07) is 9.75. The summed E-state index contributed by atoms with van der Waals surface area (Å²) in [4.78, 5) is 12.1. The van der Waals surface area contributed by atoms with Gasteiger partial charge >= 0.3 is 5.97 Å². The molecule has 2 atom stereocenters. The van der Waals surface area contributed by atoms with E-state index in [0.29, 0.717) is 11.3 Å². The summed E-state index contributed by atoms with van der Waals surface area (Å²) in [5.41, 5.74) is 1.62. The van der Waals surface area contributed by atoms with Crippen LogP contribution in [0.2, 0.25) is 0 Å². The highest BCUT2D eigenvalue weighted by atomic mass is 16.5. The van der Waals surface area contributed by atoms with E-state index in [0.717, 1.165) is 18.4 Å². The van der Waals surface area contributed by atoms with Crippen molar-refractivity contribution in [1.82, 2.24) is 0 Å². The molecule has 0 bridgehead atoms. The highest BCUT2D eigenvalue weighted by Gasteiger charge is 2.40. The first-order valence-corrected chi connectivity index (χ1v) is 6.52. The van der Waals surface area contributed by atoms with Crippen molar-refractivity contribution >= 4 is 11.7 Å². The predicted molar refractivity (Wildman–Crippen MR) is 72.1 cm³/mol. The number of benzene rings is 1. The molecule has 0 amide bonds. The monoisotopic (exact) mass is 256 g/mol. The van der Waals surface area contributed by atoms with Gasteiger partial charge in [-0.2, -0.15) is 0 Å². The molecule has 3 nitrogen and oxygen atoms in total. The molecule has 0 saturated carbocycles. The topological polar surface area (TPSA) is 35.5 Å². The molecule has 1 aliphatic carbocycles. The Morgan fingerprint density at radius 2 is 2.11 bits per heavy atom. The van der Waals surface area contributed by atoms with Gasteiger partial charge in [0.15, 0.2) is 0 Å². The van der Waals surface area contributed by atoms with E-state index < -0.39 is 0 Å². The van der Waals surface area contributed by atoms with E-state index in [1.165, 1.54) is 7.11 Å². The van der Waals surface area contributed by atoms with Gasteiger partial charge in [-0.1, -0.05) is 36.4 Å². The Bertz CT molecular complexity index is 542. The molecule has 3 rings (SSSR count). The van der Waals surface area contributed by atoms with E-state index in [2.05, 4.69) is 6.08 Å². The summed E-state index contributed by atoms with van der Waals surface area (Å²) in [6.45, 7) is 0. The van der Waals surface area contributed by atoms with Gasteiger partial charge < -0.3 is 9.47 Å². The maximum Gasteiger partial charge on any atom is 0.337 e. The lowest BCUT2D eigenvalue weighted by Crippen LogP contribution is -2.22. The van der Waals surface area contributed by atoms with E-state index in [1.54, 1.807) is 0 Å². The summed E-state index contributed by atoms with van der Waals surface area (Å²) in [7, 11) is 1.42. The second-order valence-corrected chi connectivity index (χ2v) is 4.79. The molecule has 1 aromatic rings. The Kier molecular flexibility index (Phi) is 3.11. The quantitative estimate of drug-likeness (QED) is 0.603. The number of hydrogen-bond acceptors (Lipinski definition) is 3. The van der Waals surface area contributed by atoms with Gasteiger partial charge in [0, 0.05) is 11.5 Å². The van der Waals surface area contributed by atoms with E-state index in [-0.39, 0.29) is 18.0 Å². The molecular weight excluding hydrogens is 240 g/mol. The van der Waals surface area contributed by atoms with Crippen LogP contribution in [0.1, 0.15) is 18.4 Å². The Labute approximate surface area is 112 Å². The van der Waals surface area contributed by atoms with Crippen LogP contribution in [0.5, 0.6) is 0 Å². The lowest BCUT2D eigenvalue weighted by atomic mass is 9.86. The molecule has 1 heterocycles. The molecule has 0 N–H and O–H groups in total. The molecule has 0 unspecified atom stereocenters. The molecule has 1 aliphatic heterocycles. The largest absolute Gasteiger partial charge is 0.485 e. The van der Waals surface area contributed by atoms with Crippen LogP contribution >= 0.6 is 0 Å². The predicted octanol–water partition coefficient (Wildman–Crippen LogP) is 2.94. The normalized spacial score (nSPS) is 24.9. The van der Waals surface area contributed by atoms with Gasteiger partial charge in [-0.25, -0.2) is 4.79 Å². The summed E-state index contributed by atoms with van der Waals surface area (Å²) < 4.78 is 10.9. The number of fused-ring (bicyclic) bond motifs is 1. The summed E-state index contributed by atoms with van der Waals surface area (Å²) in [5.74, 6) is 0.517. The summed E-state index contributed by atoms with van der Waals surface area (Å²) in [6.07, 6.45) is 6.05. The van der Waals surface area contributed by atoms with Gasteiger partial charge in [-0.3, -0.25) is 0 Å². The highest BCUT2D eigenvalue weighted by Crippen LogP contribution is 2.42. The lowest BCUT2D eigenvalue weighted by molar-refractivity contribution is -0.136. The number of carbonyl (C=O) groups excluding carboxylic acids is 1. The molecule has 0 spiro atoms. The Hall–Kier alpha value is -2.03. The number of ether oxygens (including phenoxy) is 2. The standard InChI is InChI=1S/C16H16O3/c1-18-16(17)14-12-9-5-6-10-13(12)19-15(14)11-7-3-2-4-8-11/h2-4,6-8,10,12-13H,5,9H2,1H3/t12-,13+/m0/s1. The van der Waals surface area contributed by atoms with Gasteiger partial charge in [-0.05, 0) is 18.9 Å². The van der Waals surface area contributed by atoms with E-state index >= 15 is 0 Å². The third kappa shape index (κ3) is 2.05. The van der Waals surface area contributed by atoms with Crippen LogP contribution in [0, 0.1) is 5.92 Å². The minimum absolute atomic E-state index is 0.0296. The number of methoxy groups -OCH3 is 1. The molecule has 98 valence electrons. The Balaban J connectivity index is 2.06. The average molecular weight is 256 g/mol. The molecule has 0 radical (unpaired) electrons. The molecule has 2 aliphatic rings. The van der Waals surface area contributed by atoms with Crippen LogP contribution in [-0.4, -0.2) is 19.2 Å². The number of allylic oxidation sites excluding steroid dienone is 1. The minimum Gasteiger partial charge on any atom is -0.485 e. The summed E-state index contributed by atoms with van der Waals surface area (Å²) in [5, 5.41) is 0. The van der Waals surface area contributed by atoms with Crippen molar-refractivity contribution < 1.29 is 14.3 Å². The highest BCUT2D eigenvalue weighted by molar-refractivity contribution is 5.98. The first-order chi connectivity index (χ1) is 9.31. The van der Waals surface area contributed by atoms with Crippen LogP contribution in [-0.2, 0) is 14.3 Å². The Morgan fingerprint density at radius 3 is 2.84 bits per heavy atom. The fourth-order valence-electron chi connectivity index (χ4n) is 2.77. The van der Waals surface area contributed by atoms with Gasteiger partial charge in [0.2, 0.25) is 0 Å². The zero-order valence-electron chi connectivity index (χ0n) is 10.8. The number of rotatable bonds is 2. The zero-order valence-corrected chi connectivity index (χ0v) is 10.8. The number of esters is 1. The third-order valence-electron chi connectivity index (χ3n) is 3.68. The fourth-order valence-corrected chi connectivity index (χ4v) is 2.77. The van der Waals surface area contributed by atoms with Crippen molar-refractivity contribution in [3.63, 3.8) is 0 Å². The SMILES string of the molecule is COC(=O)C1=C(c2ccccc2)O[C@@H]2C=CCC[C@H]12. The molecule has 19 heavy (non-hydrogen) atoms. The first kappa shape index (κ1) is 12.0.